The van der Waals surface area contributed by atoms with Crippen molar-refractivity contribution in [3.63, 3.8) is 0 Å². The molecule has 0 spiro atoms. The zero-order valence-corrected chi connectivity index (χ0v) is 9.76. The van der Waals surface area contributed by atoms with Gasteiger partial charge in [-0.25, -0.2) is 0 Å². The maximum absolute atomic E-state index is 12.0. The van der Waals surface area contributed by atoms with E-state index in [4.69, 9.17) is 0 Å². The summed E-state index contributed by atoms with van der Waals surface area (Å²) in [6.45, 7) is 1.91. The van der Waals surface area contributed by atoms with Crippen LogP contribution in [0, 0.1) is 0 Å². The number of anilines is 1. The first kappa shape index (κ1) is 11.4. The van der Waals surface area contributed by atoms with Crippen molar-refractivity contribution >= 4 is 11.6 Å². The molecule has 2 rings (SSSR count). The summed E-state index contributed by atoms with van der Waals surface area (Å²) in [6, 6.07) is 19.3. The lowest BCUT2D eigenvalue weighted by Crippen LogP contribution is -2.18. The molecule has 0 aliphatic carbocycles. The molecule has 0 fully saturated rings. The molecule has 0 bridgehead atoms. The van der Waals surface area contributed by atoms with Crippen LogP contribution >= 0.6 is 0 Å². The molecule has 2 heteroatoms. The molecule has 0 saturated heterocycles. The van der Waals surface area contributed by atoms with Crippen LogP contribution in [0.15, 0.2) is 60.7 Å². The van der Waals surface area contributed by atoms with Gasteiger partial charge in [0.2, 0.25) is 5.91 Å². The van der Waals surface area contributed by atoms with Crippen molar-refractivity contribution in [1.82, 2.24) is 0 Å². The van der Waals surface area contributed by atoms with Crippen LogP contribution in [0.1, 0.15) is 18.4 Å². The average Bonchev–Trinajstić information content (AvgIpc) is 2.40. The van der Waals surface area contributed by atoms with Gasteiger partial charge in [-0.15, -0.1) is 0 Å². The molecule has 2 aromatic carbocycles. The van der Waals surface area contributed by atoms with Crippen molar-refractivity contribution < 1.29 is 4.79 Å². The largest absolute Gasteiger partial charge is 0.326 e. The Labute approximate surface area is 101 Å². The van der Waals surface area contributed by atoms with Gasteiger partial charge in [0, 0.05) is 5.69 Å². The van der Waals surface area contributed by atoms with E-state index in [2.05, 4.69) is 5.32 Å². The van der Waals surface area contributed by atoms with Crippen LogP contribution in [0.3, 0.4) is 0 Å². The number of benzene rings is 2. The molecule has 1 amide bonds. The number of rotatable bonds is 3. The monoisotopic (exact) mass is 225 g/mol. The molecule has 86 valence electrons. The summed E-state index contributed by atoms with van der Waals surface area (Å²) in [5, 5.41) is 2.90. The minimum absolute atomic E-state index is 0.0161. The van der Waals surface area contributed by atoms with Crippen molar-refractivity contribution in [1.29, 1.82) is 0 Å². The Hall–Kier alpha value is -2.09. The van der Waals surface area contributed by atoms with Crippen LogP contribution in [0.2, 0.25) is 0 Å². The zero-order valence-electron chi connectivity index (χ0n) is 9.76. The maximum Gasteiger partial charge on any atom is 0.231 e. The minimum atomic E-state index is -0.142. The highest BCUT2D eigenvalue weighted by Gasteiger charge is 2.14. The zero-order chi connectivity index (χ0) is 12.1. The number of carbonyl (C=O) groups is 1. The number of nitrogens with one attached hydrogen (secondary N) is 1. The van der Waals surface area contributed by atoms with E-state index >= 15 is 0 Å². The molecule has 0 unspecified atom stereocenters. The second kappa shape index (κ2) is 5.30. The Morgan fingerprint density at radius 1 is 0.941 bits per heavy atom. The lowest BCUT2D eigenvalue weighted by atomic mass is 10.0. The summed E-state index contributed by atoms with van der Waals surface area (Å²) < 4.78 is 0. The fourth-order valence-corrected chi connectivity index (χ4v) is 1.67. The van der Waals surface area contributed by atoms with Gasteiger partial charge in [0.25, 0.3) is 0 Å². The molecule has 0 heterocycles. The number of para-hydroxylation sites is 1. The Bertz CT molecular complexity index is 479. The van der Waals surface area contributed by atoms with Crippen molar-refractivity contribution in [2.24, 2.45) is 0 Å². The smallest absolute Gasteiger partial charge is 0.231 e. The summed E-state index contributed by atoms with van der Waals surface area (Å²) in [4.78, 5) is 12.0. The minimum Gasteiger partial charge on any atom is -0.326 e. The van der Waals surface area contributed by atoms with Gasteiger partial charge in [0.1, 0.15) is 0 Å². The summed E-state index contributed by atoms with van der Waals surface area (Å²) in [5.41, 5.74) is 1.86. The van der Waals surface area contributed by atoms with E-state index in [1.54, 1.807) is 0 Å². The molecule has 0 aliphatic heterocycles. The lowest BCUT2D eigenvalue weighted by Gasteiger charge is -2.12. The molecule has 1 atom stereocenters. The molecular formula is C15H15NO. The standard InChI is InChI=1S/C15H15NO/c1-12(13-8-4-2-5-9-13)15(17)16-14-10-6-3-7-11-14/h2-12H,1H3,(H,16,17)/t12-/m0/s1. The fourth-order valence-electron chi connectivity index (χ4n) is 1.67. The molecule has 0 aromatic heterocycles. The Morgan fingerprint density at radius 2 is 1.47 bits per heavy atom. The van der Waals surface area contributed by atoms with Gasteiger partial charge in [0.05, 0.1) is 5.92 Å². The second-order valence-corrected chi connectivity index (χ2v) is 3.99. The Balaban J connectivity index is 2.06. The van der Waals surface area contributed by atoms with Crippen molar-refractivity contribution in [3.05, 3.63) is 66.2 Å². The van der Waals surface area contributed by atoms with Crippen LogP contribution in [0.5, 0.6) is 0 Å². The number of hydrogen-bond acceptors (Lipinski definition) is 1. The first-order valence-electron chi connectivity index (χ1n) is 5.68. The number of hydrogen-bond donors (Lipinski definition) is 1. The van der Waals surface area contributed by atoms with Crippen LogP contribution in [0.25, 0.3) is 0 Å². The second-order valence-electron chi connectivity index (χ2n) is 3.99. The summed E-state index contributed by atoms with van der Waals surface area (Å²) in [6.07, 6.45) is 0. The van der Waals surface area contributed by atoms with Gasteiger partial charge in [-0.05, 0) is 24.6 Å². The highest BCUT2D eigenvalue weighted by molar-refractivity contribution is 5.95. The first-order valence-corrected chi connectivity index (χ1v) is 5.68. The van der Waals surface area contributed by atoms with Crippen molar-refractivity contribution in [2.75, 3.05) is 5.32 Å². The van der Waals surface area contributed by atoms with Crippen LogP contribution in [-0.2, 0) is 4.79 Å². The highest BCUT2D eigenvalue weighted by Crippen LogP contribution is 2.17. The SMILES string of the molecule is C[C@H](C(=O)Nc1ccccc1)c1ccccc1. The van der Waals surface area contributed by atoms with E-state index in [0.717, 1.165) is 11.3 Å². The summed E-state index contributed by atoms with van der Waals surface area (Å²) >= 11 is 0. The van der Waals surface area contributed by atoms with E-state index in [0.29, 0.717) is 0 Å². The Kier molecular flexibility index (Phi) is 3.55. The molecule has 2 nitrogen and oxygen atoms in total. The third-order valence-electron chi connectivity index (χ3n) is 2.73. The maximum atomic E-state index is 12.0. The third-order valence-corrected chi connectivity index (χ3v) is 2.73. The Morgan fingerprint density at radius 3 is 2.06 bits per heavy atom. The molecule has 0 saturated carbocycles. The van der Waals surface area contributed by atoms with Gasteiger partial charge in [0.15, 0.2) is 0 Å². The average molecular weight is 225 g/mol. The topological polar surface area (TPSA) is 29.1 Å². The van der Waals surface area contributed by atoms with Gasteiger partial charge >= 0.3 is 0 Å². The highest BCUT2D eigenvalue weighted by atomic mass is 16.1. The van der Waals surface area contributed by atoms with Crippen molar-refractivity contribution in [3.8, 4) is 0 Å². The summed E-state index contributed by atoms with van der Waals surface area (Å²) in [7, 11) is 0. The summed E-state index contributed by atoms with van der Waals surface area (Å²) in [5.74, 6) is -0.126. The van der Waals surface area contributed by atoms with Gasteiger partial charge < -0.3 is 5.32 Å². The normalized spacial score (nSPS) is 11.8. The van der Waals surface area contributed by atoms with E-state index in [1.807, 2.05) is 67.6 Å². The quantitative estimate of drug-likeness (QED) is 0.851. The van der Waals surface area contributed by atoms with Crippen molar-refractivity contribution in [2.45, 2.75) is 12.8 Å². The fraction of sp³-hybridized carbons (Fsp3) is 0.133. The van der Waals surface area contributed by atoms with Crippen LogP contribution in [-0.4, -0.2) is 5.91 Å². The van der Waals surface area contributed by atoms with E-state index in [-0.39, 0.29) is 11.8 Å². The van der Waals surface area contributed by atoms with E-state index in [1.165, 1.54) is 0 Å². The molecular weight excluding hydrogens is 210 g/mol. The van der Waals surface area contributed by atoms with Gasteiger partial charge in [-0.2, -0.15) is 0 Å². The van der Waals surface area contributed by atoms with Crippen LogP contribution in [0.4, 0.5) is 5.69 Å². The van der Waals surface area contributed by atoms with Gasteiger partial charge in [-0.1, -0.05) is 48.5 Å². The number of amides is 1. The lowest BCUT2D eigenvalue weighted by molar-refractivity contribution is -0.117. The van der Waals surface area contributed by atoms with Crippen LogP contribution < -0.4 is 5.32 Å². The first-order chi connectivity index (χ1) is 8.27. The molecule has 17 heavy (non-hydrogen) atoms. The molecule has 2 aromatic rings. The molecule has 0 radical (unpaired) electrons. The predicted octanol–water partition coefficient (Wildman–Crippen LogP) is 3.43. The molecule has 1 N–H and O–H groups in total. The predicted molar refractivity (Wildman–Crippen MR) is 69.9 cm³/mol. The number of carbonyl (C=O) groups excluding carboxylic acids is 1. The van der Waals surface area contributed by atoms with Gasteiger partial charge in [-0.3, -0.25) is 4.79 Å². The molecule has 0 aliphatic rings. The van der Waals surface area contributed by atoms with E-state index < -0.39 is 0 Å². The third kappa shape index (κ3) is 2.94. The van der Waals surface area contributed by atoms with E-state index in [9.17, 15) is 4.79 Å².